The Bertz CT molecular complexity index is 376. The number of allylic oxidation sites excluding steroid dienone is 1. The molecule has 0 spiro atoms. The first-order valence-corrected chi connectivity index (χ1v) is 8.04. The fraction of sp³-hybridized carbons (Fsp3) is 0.812. The third-order valence-corrected chi connectivity index (χ3v) is 4.45. The molecule has 0 aromatic carbocycles. The smallest absolute Gasteiger partial charge is 0.246 e. The maximum Gasteiger partial charge on any atom is 0.246 e. The van der Waals surface area contributed by atoms with Gasteiger partial charge in [0.2, 0.25) is 5.91 Å². The number of aliphatic hydroxyl groups excluding tert-OH is 2. The van der Waals surface area contributed by atoms with Crippen molar-refractivity contribution in [2.45, 2.75) is 51.4 Å². The predicted octanol–water partition coefficient (Wildman–Crippen LogP) is 0.617. The number of nitrogens with zero attached hydrogens (tertiary/aromatic N) is 2. The molecule has 2 aliphatic heterocycles. The molecule has 120 valence electrons. The van der Waals surface area contributed by atoms with Gasteiger partial charge in [0.15, 0.2) is 0 Å². The Hall–Kier alpha value is -0.910. The molecule has 0 aliphatic carbocycles. The molecule has 5 heteroatoms. The summed E-state index contributed by atoms with van der Waals surface area (Å²) in [5.41, 5.74) is 0. The van der Waals surface area contributed by atoms with E-state index in [9.17, 15) is 15.0 Å². The van der Waals surface area contributed by atoms with Crippen molar-refractivity contribution in [3.63, 3.8) is 0 Å². The highest BCUT2D eigenvalue weighted by Crippen LogP contribution is 2.21. The predicted molar refractivity (Wildman–Crippen MR) is 81.8 cm³/mol. The number of rotatable bonds is 3. The molecular weight excluding hydrogens is 268 g/mol. The van der Waals surface area contributed by atoms with Crippen LogP contribution in [0.15, 0.2) is 12.2 Å². The van der Waals surface area contributed by atoms with E-state index in [1.165, 1.54) is 0 Å². The number of carbonyl (C=O) groups is 1. The molecule has 21 heavy (non-hydrogen) atoms. The summed E-state index contributed by atoms with van der Waals surface area (Å²) in [6.45, 7) is 6.85. The second kappa shape index (κ2) is 7.38. The number of carbonyl (C=O) groups excluding carboxylic acids is 1. The van der Waals surface area contributed by atoms with Crippen LogP contribution >= 0.6 is 0 Å². The van der Waals surface area contributed by atoms with Crippen molar-refractivity contribution >= 4 is 5.91 Å². The van der Waals surface area contributed by atoms with E-state index >= 15 is 0 Å². The number of likely N-dealkylation sites (tertiary alicyclic amines) is 2. The topological polar surface area (TPSA) is 64.0 Å². The van der Waals surface area contributed by atoms with E-state index in [1.54, 1.807) is 11.0 Å². The molecule has 2 N–H and O–H groups in total. The van der Waals surface area contributed by atoms with E-state index in [2.05, 4.69) is 4.90 Å². The van der Waals surface area contributed by atoms with Gasteiger partial charge in [0, 0.05) is 32.2 Å². The second-order valence-electron chi connectivity index (χ2n) is 6.58. The number of piperidine rings is 2. The van der Waals surface area contributed by atoms with Crippen LogP contribution in [0.2, 0.25) is 0 Å². The van der Waals surface area contributed by atoms with Gasteiger partial charge in [-0.1, -0.05) is 19.9 Å². The Balaban J connectivity index is 1.85. The van der Waals surface area contributed by atoms with E-state index in [0.717, 1.165) is 32.4 Å². The zero-order valence-electron chi connectivity index (χ0n) is 13.1. The maximum atomic E-state index is 12.1. The van der Waals surface area contributed by atoms with Crippen LogP contribution in [0.25, 0.3) is 0 Å². The third-order valence-electron chi connectivity index (χ3n) is 4.45. The molecule has 5 nitrogen and oxygen atoms in total. The molecule has 2 aliphatic rings. The van der Waals surface area contributed by atoms with E-state index in [1.807, 2.05) is 19.9 Å². The molecule has 0 radical (unpaired) electrons. The summed E-state index contributed by atoms with van der Waals surface area (Å²) in [6.07, 6.45) is 5.19. The summed E-state index contributed by atoms with van der Waals surface area (Å²) < 4.78 is 0. The van der Waals surface area contributed by atoms with E-state index in [-0.39, 0.29) is 18.1 Å². The first-order valence-electron chi connectivity index (χ1n) is 8.04. The summed E-state index contributed by atoms with van der Waals surface area (Å²) in [7, 11) is 0. The van der Waals surface area contributed by atoms with Crippen LogP contribution in [-0.2, 0) is 4.79 Å². The normalized spacial score (nSPS) is 29.5. The Labute approximate surface area is 127 Å². The van der Waals surface area contributed by atoms with E-state index in [4.69, 9.17) is 0 Å². The SMILES string of the molecule is CC(C)C=CC(=O)N1CC[C@@H](N2CCC(O)CC2)[C@H](O)C1. The Kier molecular flexibility index (Phi) is 5.79. The summed E-state index contributed by atoms with van der Waals surface area (Å²) in [5.74, 6) is 0.353. The van der Waals surface area contributed by atoms with Crippen molar-refractivity contribution in [2.75, 3.05) is 26.2 Å². The Morgan fingerprint density at radius 2 is 1.81 bits per heavy atom. The molecule has 2 saturated heterocycles. The van der Waals surface area contributed by atoms with Crippen LogP contribution in [0.3, 0.4) is 0 Å². The molecule has 2 atom stereocenters. The number of aliphatic hydroxyl groups is 2. The zero-order chi connectivity index (χ0) is 15.4. The summed E-state index contributed by atoms with van der Waals surface area (Å²) >= 11 is 0. The molecule has 0 bridgehead atoms. The lowest BCUT2D eigenvalue weighted by Gasteiger charge is -2.43. The first-order chi connectivity index (χ1) is 9.97. The van der Waals surface area contributed by atoms with Gasteiger partial charge in [0.1, 0.15) is 0 Å². The molecular formula is C16H28N2O3. The summed E-state index contributed by atoms with van der Waals surface area (Å²) in [5, 5.41) is 19.9. The van der Waals surface area contributed by atoms with Crippen LogP contribution in [0.1, 0.15) is 33.1 Å². The van der Waals surface area contributed by atoms with Crippen LogP contribution in [0.5, 0.6) is 0 Å². The fourth-order valence-corrected chi connectivity index (χ4v) is 3.14. The van der Waals surface area contributed by atoms with Crippen molar-refractivity contribution in [3.8, 4) is 0 Å². The van der Waals surface area contributed by atoms with E-state index < -0.39 is 6.10 Å². The minimum absolute atomic E-state index is 0.00438. The van der Waals surface area contributed by atoms with Gasteiger partial charge >= 0.3 is 0 Å². The van der Waals surface area contributed by atoms with Gasteiger partial charge in [0.25, 0.3) is 0 Å². The molecule has 0 aromatic rings. The van der Waals surface area contributed by atoms with Crippen molar-refractivity contribution < 1.29 is 15.0 Å². The maximum absolute atomic E-state index is 12.1. The Morgan fingerprint density at radius 3 is 2.38 bits per heavy atom. The number of hydrogen-bond donors (Lipinski definition) is 2. The van der Waals surface area contributed by atoms with Crippen LogP contribution in [-0.4, -0.2) is 70.3 Å². The van der Waals surface area contributed by atoms with Crippen LogP contribution < -0.4 is 0 Å². The van der Waals surface area contributed by atoms with E-state index in [0.29, 0.717) is 19.0 Å². The van der Waals surface area contributed by atoms with Crippen molar-refractivity contribution in [1.29, 1.82) is 0 Å². The molecule has 2 heterocycles. The standard InChI is InChI=1S/C16H28N2O3/c1-12(2)3-4-16(21)18-10-7-14(15(20)11-18)17-8-5-13(19)6-9-17/h3-4,12-15,19-20H,5-11H2,1-2H3/t14-,15-/m1/s1. The summed E-state index contributed by atoms with van der Waals surface area (Å²) in [6, 6.07) is 0.121. The minimum atomic E-state index is -0.495. The van der Waals surface area contributed by atoms with Crippen LogP contribution in [0, 0.1) is 5.92 Å². The van der Waals surface area contributed by atoms with Crippen molar-refractivity contribution in [3.05, 3.63) is 12.2 Å². The molecule has 1 amide bonds. The largest absolute Gasteiger partial charge is 0.393 e. The third kappa shape index (κ3) is 4.53. The lowest BCUT2D eigenvalue weighted by atomic mass is 9.96. The molecule has 0 aromatic heterocycles. The molecule has 2 rings (SSSR count). The van der Waals surface area contributed by atoms with Crippen molar-refractivity contribution in [1.82, 2.24) is 9.80 Å². The number of amides is 1. The molecule has 0 saturated carbocycles. The van der Waals surface area contributed by atoms with Gasteiger partial charge in [-0.05, 0) is 31.3 Å². The van der Waals surface area contributed by atoms with Crippen LogP contribution in [0.4, 0.5) is 0 Å². The first kappa shape index (κ1) is 16.5. The quantitative estimate of drug-likeness (QED) is 0.749. The highest BCUT2D eigenvalue weighted by Gasteiger charge is 2.34. The average Bonchev–Trinajstić information content (AvgIpc) is 2.45. The van der Waals surface area contributed by atoms with Crippen molar-refractivity contribution in [2.24, 2.45) is 5.92 Å². The summed E-state index contributed by atoms with van der Waals surface area (Å²) in [4.78, 5) is 16.1. The second-order valence-corrected chi connectivity index (χ2v) is 6.58. The highest BCUT2D eigenvalue weighted by atomic mass is 16.3. The van der Waals surface area contributed by atoms with Gasteiger partial charge in [0.05, 0.1) is 12.2 Å². The highest BCUT2D eigenvalue weighted by molar-refractivity contribution is 5.87. The van der Waals surface area contributed by atoms with Gasteiger partial charge in [-0.15, -0.1) is 0 Å². The lowest BCUT2D eigenvalue weighted by molar-refractivity contribution is -0.131. The fourth-order valence-electron chi connectivity index (χ4n) is 3.14. The monoisotopic (exact) mass is 296 g/mol. The molecule has 2 fully saturated rings. The van der Waals surface area contributed by atoms with Gasteiger partial charge in [-0.3, -0.25) is 9.69 Å². The van der Waals surface area contributed by atoms with Gasteiger partial charge in [-0.25, -0.2) is 0 Å². The van der Waals surface area contributed by atoms with Gasteiger partial charge in [-0.2, -0.15) is 0 Å². The number of β-amino-alcohol motifs (C(OH)–C–C–N with tert-alkyl or cyclic N) is 1. The minimum Gasteiger partial charge on any atom is -0.393 e. The Morgan fingerprint density at radius 1 is 1.14 bits per heavy atom. The number of hydrogen-bond acceptors (Lipinski definition) is 4. The molecule has 0 unspecified atom stereocenters. The lowest BCUT2D eigenvalue weighted by Crippen LogP contribution is -2.56. The average molecular weight is 296 g/mol. The zero-order valence-corrected chi connectivity index (χ0v) is 13.1. The van der Waals surface area contributed by atoms with Gasteiger partial charge < -0.3 is 15.1 Å².